The monoisotopic (exact) mass is 129 g/mol. The molecule has 0 aromatic carbocycles. The SMILES string of the molecule is CNC/C(C)=C/C(=O)O. The van der Waals surface area contributed by atoms with E-state index in [1.807, 2.05) is 0 Å². The first-order valence-corrected chi connectivity index (χ1v) is 2.71. The van der Waals surface area contributed by atoms with Crippen LogP contribution in [0.5, 0.6) is 0 Å². The first-order chi connectivity index (χ1) is 4.16. The summed E-state index contributed by atoms with van der Waals surface area (Å²) in [6.45, 7) is 2.40. The van der Waals surface area contributed by atoms with E-state index in [0.29, 0.717) is 6.54 Å². The zero-order chi connectivity index (χ0) is 7.28. The van der Waals surface area contributed by atoms with Crippen molar-refractivity contribution in [2.24, 2.45) is 0 Å². The Labute approximate surface area is 54.4 Å². The maximum Gasteiger partial charge on any atom is 0.328 e. The average molecular weight is 129 g/mol. The van der Waals surface area contributed by atoms with Crippen LogP contribution in [0.15, 0.2) is 11.6 Å². The van der Waals surface area contributed by atoms with E-state index in [9.17, 15) is 4.79 Å². The number of hydrogen-bond donors (Lipinski definition) is 2. The Bertz CT molecular complexity index is 129. The van der Waals surface area contributed by atoms with Crippen LogP contribution >= 0.6 is 0 Å². The normalized spacial score (nSPS) is 11.6. The predicted molar refractivity (Wildman–Crippen MR) is 35.3 cm³/mol. The van der Waals surface area contributed by atoms with Gasteiger partial charge in [0.2, 0.25) is 0 Å². The van der Waals surface area contributed by atoms with Crippen molar-refractivity contribution in [1.82, 2.24) is 5.32 Å². The van der Waals surface area contributed by atoms with E-state index in [2.05, 4.69) is 5.32 Å². The number of carboxylic acid groups (broad SMARTS) is 1. The van der Waals surface area contributed by atoms with Gasteiger partial charge in [-0.2, -0.15) is 0 Å². The van der Waals surface area contributed by atoms with Gasteiger partial charge in [0.05, 0.1) is 0 Å². The fraction of sp³-hybridized carbons (Fsp3) is 0.500. The number of likely N-dealkylation sites (N-methyl/N-ethyl adjacent to an activating group) is 1. The van der Waals surface area contributed by atoms with Crippen LogP contribution < -0.4 is 5.32 Å². The van der Waals surface area contributed by atoms with Crippen molar-refractivity contribution in [2.45, 2.75) is 6.92 Å². The van der Waals surface area contributed by atoms with Crippen LogP contribution in [-0.4, -0.2) is 24.7 Å². The van der Waals surface area contributed by atoms with Gasteiger partial charge in [-0.05, 0) is 14.0 Å². The van der Waals surface area contributed by atoms with Crippen molar-refractivity contribution in [3.05, 3.63) is 11.6 Å². The number of hydrogen-bond acceptors (Lipinski definition) is 2. The Balaban J connectivity index is 3.69. The van der Waals surface area contributed by atoms with Gasteiger partial charge < -0.3 is 10.4 Å². The van der Waals surface area contributed by atoms with Crippen molar-refractivity contribution in [3.63, 3.8) is 0 Å². The standard InChI is InChI=1S/C6H11NO2/c1-5(4-7-2)3-6(8)9/h3,7H,4H2,1-2H3,(H,8,9)/b5-3+. The second-order valence-corrected chi connectivity index (χ2v) is 1.86. The van der Waals surface area contributed by atoms with E-state index in [1.54, 1.807) is 14.0 Å². The molecule has 0 unspecified atom stereocenters. The van der Waals surface area contributed by atoms with Crippen LogP contribution in [-0.2, 0) is 4.79 Å². The quantitative estimate of drug-likeness (QED) is 0.536. The average Bonchev–Trinajstić information content (AvgIpc) is 1.63. The molecule has 3 heteroatoms. The molecular weight excluding hydrogens is 118 g/mol. The molecule has 0 spiro atoms. The van der Waals surface area contributed by atoms with Gasteiger partial charge in [-0.1, -0.05) is 5.57 Å². The van der Waals surface area contributed by atoms with Gasteiger partial charge in [-0.15, -0.1) is 0 Å². The maximum atomic E-state index is 9.98. The summed E-state index contributed by atoms with van der Waals surface area (Å²) in [6.07, 6.45) is 1.19. The molecule has 0 saturated heterocycles. The van der Waals surface area contributed by atoms with Crippen molar-refractivity contribution in [3.8, 4) is 0 Å². The summed E-state index contributed by atoms with van der Waals surface area (Å²) in [5, 5.41) is 11.0. The fourth-order valence-corrected chi connectivity index (χ4v) is 0.541. The molecule has 0 atom stereocenters. The second-order valence-electron chi connectivity index (χ2n) is 1.86. The molecule has 0 aromatic heterocycles. The summed E-state index contributed by atoms with van der Waals surface area (Å²) >= 11 is 0. The van der Waals surface area contributed by atoms with Crippen molar-refractivity contribution in [1.29, 1.82) is 0 Å². The third-order valence-electron chi connectivity index (χ3n) is 0.825. The number of carboxylic acids is 1. The molecule has 0 heterocycles. The lowest BCUT2D eigenvalue weighted by molar-refractivity contribution is -0.131. The van der Waals surface area contributed by atoms with Crippen molar-refractivity contribution < 1.29 is 9.90 Å². The zero-order valence-electron chi connectivity index (χ0n) is 5.64. The lowest BCUT2D eigenvalue weighted by atomic mass is 10.3. The van der Waals surface area contributed by atoms with Crippen LogP contribution in [0.1, 0.15) is 6.92 Å². The Hall–Kier alpha value is -0.830. The highest BCUT2D eigenvalue weighted by Gasteiger charge is 1.90. The molecule has 2 N–H and O–H groups in total. The minimum Gasteiger partial charge on any atom is -0.478 e. The molecule has 0 saturated carbocycles. The summed E-state index contributed by atoms with van der Waals surface area (Å²) in [7, 11) is 1.78. The summed E-state index contributed by atoms with van der Waals surface area (Å²) in [4.78, 5) is 9.98. The summed E-state index contributed by atoms with van der Waals surface area (Å²) in [6, 6.07) is 0. The van der Waals surface area contributed by atoms with E-state index in [1.165, 1.54) is 6.08 Å². The molecule has 0 aliphatic carbocycles. The minimum atomic E-state index is -0.886. The first-order valence-electron chi connectivity index (χ1n) is 2.71. The topological polar surface area (TPSA) is 49.3 Å². The summed E-state index contributed by atoms with van der Waals surface area (Å²) < 4.78 is 0. The summed E-state index contributed by atoms with van der Waals surface area (Å²) in [5.41, 5.74) is 0.824. The lowest BCUT2D eigenvalue weighted by Gasteiger charge is -1.94. The first kappa shape index (κ1) is 8.17. The molecule has 0 fully saturated rings. The van der Waals surface area contributed by atoms with Gasteiger partial charge in [0.25, 0.3) is 0 Å². The Kier molecular flexibility index (Phi) is 3.71. The van der Waals surface area contributed by atoms with Gasteiger partial charge in [0.15, 0.2) is 0 Å². The van der Waals surface area contributed by atoms with Gasteiger partial charge in [-0.25, -0.2) is 4.79 Å². The molecule has 0 rings (SSSR count). The third kappa shape index (κ3) is 5.03. The van der Waals surface area contributed by atoms with Crippen molar-refractivity contribution >= 4 is 5.97 Å². The van der Waals surface area contributed by atoms with Gasteiger partial charge in [-0.3, -0.25) is 0 Å². The second kappa shape index (κ2) is 4.09. The fourth-order valence-electron chi connectivity index (χ4n) is 0.541. The Morgan fingerprint density at radius 2 is 2.33 bits per heavy atom. The highest BCUT2D eigenvalue weighted by Crippen LogP contribution is 1.87. The van der Waals surface area contributed by atoms with Crippen LogP contribution in [0.4, 0.5) is 0 Å². The van der Waals surface area contributed by atoms with Gasteiger partial charge in [0.1, 0.15) is 0 Å². The van der Waals surface area contributed by atoms with Crippen LogP contribution in [0.25, 0.3) is 0 Å². The molecule has 52 valence electrons. The maximum absolute atomic E-state index is 9.98. The highest BCUT2D eigenvalue weighted by atomic mass is 16.4. The number of carbonyl (C=O) groups is 1. The van der Waals surface area contributed by atoms with Gasteiger partial charge >= 0.3 is 5.97 Å². The molecule has 9 heavy (non-hydrogen) atoms. The number of aliphatic carboxylic acids is 1. The molecule has 0 amide bonds. The molecule has 0 aliphatic heterocycles. The molecular formula is C6H11NO2. The van der Waals surface area contributed by atoms with E-state index in [-0.39, 0.29) is 0 Å². The molecule has 0 bridgehead atoms. The predicted octanol–water partition coefficient (Wildman–Crippen LogP) is 0.237. The Morgan fingerprint density at radius 3 is 2.67 bits per heavy atom. The number of rotatable bonds is 3. The highest BCUT2D eigenvalue weighted by molar-refractivity contribution is 5.80. The van der Waals surface area contributed by atoms with E-state index in [4.69, 9.17) is 5.11 Å². The van der Waals surface area contributed by atoms with E-state index < -0.39 is 5.97 Å². The van der Waals surface area contributed by atoms with Gasteiger partial charge in [0, 0.05) is 12.6 Å². The Morgan fingerprint density at radius 1 is 1.78 bits per heavy atom. The lowest BCUT2D eigenvalue weighted by Crippen LogP contribution is -2.09. The molecule has 0 aliphatic rings. The number of nitrogens with one attached hydrogen (secondary N) is 1. The summed E-state index contributed by atoms with van der Waals surface area (Å²) in [5.74, 6) is -0.886. The molecule has 3 nitrogen and oxygen atoms in total. The van der Waals surface area contributed by atoms with Crippen LogP contribution in [0.2, 0.25) is 0 Å². The van der Waals surface area contributed by atoms with E-state index in [0.717, 1.165) is 5.57 Å². The van der Waals surface area contributed by atoms with Crippen LogP contribution in [0.3, 0.4) is 0 Å². The largest absolute Gasteiger partial charge is 0.478 e. The zero-order valence-corrected chi connectivity index (χ0v) is 5.64. The third-order valence-corrected chi connectivity index (χ3v) is 0.825. The van der Waals surface area contributed by atoms with Crippen LogP contribution in [0, 0.1) is 0 Å². The van der Waals surface area contributed by atoms with Crippen molar-refractivity contribution in [2.75, 3.05) is 13.6 Å². The molecule has 0 aromatic rings. The van der Waals surface area contributed by atoms with E-state index >= 15 is 0 Å². The smallest absolute Gasteiger partial charge is 0.328 e. The molecule has 0 radical (unpaired) electrons. The minimum absolute atomic E-state index is 0.631.